The van der Waals surface area contributed by atoms with Gasteiger partial charge in [-0.15, -0.1) is 0 Å². The van der Waals surface area contributed by atoms with Crippen molar-refractivity contribution in [2.24, 2.45) is 17.8 Å². The summed E-state index contributed by atoms with van der Waals surface area (Å²) in [5.41, 5.74) is 2.23. The molecule has 0 amide bonds. The summed E-state index contributed by atoms with van der Waals surface area (Å²) in [6.07, 6.45) is 6.37. The fraction of sp³-hybridized carbons (Fsp3) is 0.310. The number of H-pyrrole nitrogens is 1. The van der Waals surface area contributed by atoms with Crippen LogP contribution in [0.4, 0.5) is 20.3 Å². The van der Waals surface area contributed by atoms with Crippen LogP contribution in [0, 0.1) is 36.0 Å². The maximum absolute atomic E-state index is 16.2. The number of aromatic nitrogens is 2. The highest BCUT2D eigenvalue weighted by Gasteiger charge is 2.42. The van der Waals surface area contributed by atoms with Gasteiger partial charge in [0.1, 0.15) is 5.82 Å². The molecule has 36 heavy (non-hydrogen) atoms. The van der Waals surface area contributed by atoms with Crippen molar-refractivity contribution in [1.29, 1.82) is 0 Å². The first-order valence-electron chi connectivity index (χ1n) is 12.4. The Morgan fingerprint density at radius 1 is 1.08 bits per heavy atom. The predicted molar refractivity (Wildman–Crippen MR) is 140 cm³/mol. The van der Waals surface area contributed by atoms with Crippen LogP contribution in [0.25, 0.3) is 38.1 Å². The Morgan fingerprint density at radius 2 is 1.81 bits per heavy atom. The largest absolute Gasteiger partial charge is 0.364 e. The topological polar surface area (TPSA) is 45.1 Å². The van der Waals surface area contributed by atoms with Crippen molar-refractivity contribution >= 4 is 34.0 Å². The Morgan fingerprint density at radius 3 is 2.50 bits per heavy atom. The lowest BCUT2D eigenvalue weighted by molar-refractivity contribution is 0.0926. The monoisotopic (exact) mass is 502 g/mol. The molecule has 0 spiro atoms. The summed E-state index contributed by atoms with van der Waals surface area (Å²) in [6.45, 7) is 10.2. The van der Waals surface area contributed by atoms with Crippen LogP contribution in [-0.2, 0) is 0 Å². The zero-order valence-electron chi connectivity index (χ0n) is 19.8. The van der Waals surface area contributed by atoms with Gasteiger partial charge in [0, 0.05) is 28.8 Å². The molecule has 2 N–H and O–H groups in total. The molecule has 3 aliphatic rings. The number of nitrogens with one attached hydrogen (secondary N) is 2. The van der Waals surface area contributed by atoms with Crippen molar-refractivity contribution in [1.82, 2.24) is 9.97 Å². The minimum atomic E-state index is -0.534. The van der Waals surface area contributed by atoms with Gasteiger partial charge in [0.15, 0.2) is 11.6 Å². The van der Waals surface area contributed by atoms with Gasteiger partial charge >= 0.3 is 0 Å². The molecular formula is C29H25ClF2N4. The normalized spacial score (nSPS) is 23.1. The molecule has 182 valence electrons. The minimum Gasteiger partial charge on any atom is -0.364 e. The molecule has 2 aromatic carbocycles. The number of nitrogens with zero attached hydrogens (tertiary/aromatic N) is 2. The quantitative estimate of drug-likeness (QED) is 0.274. The first-order chi connectivity index (χ1) is 17.5. The summed E-state index contributed by atoms with van der Waals surface area (Å²) in [5.74, 6) is 0.616. The fourth-order valence-corrected chi connectivity index (χ4v) is 6.59. The Balaban J connectivity index is 1.58. The number of halogens is 3. The SMILES string of the molecule is [C-]#[N+]c1c(-c2c[nH]c3c(Cl)cc(F)cc23)nc(N[C@H]2C3CCC(CC3)[C@@H]2C)c(F)c1-c1ccccc1. The molecule has 0 unspecified atom stereocenters. The maximum Gasteiger partial charge on any atom is 0.223 e. The molecule has 2 heterocycles. The van der Waals surface area contributed by atoms with E-state index in [-0.39, 0.29) is 28.1 Å². The van der Waals surface area contributed by atoms with Crippen LogP contribution in [0.5, 0.6) is 0 Å². The Hall–Kier alpha value is -3.43. The van der Waals surface area contributed by atoms with E-state index in [0.717, 1.165) is 12.8 Å². The van der Waals surface area contributed by atoms with E-state index in [2.05, 4.69) is 22.1 Å². The van der Waals surface area contributed by atoms with E-state index in [9.17, 15) is 4.39 Å². The van der Waals surface area contributed by atoms with Gasteiger partial charge in [0.05, 0.1) is 22.8 Å². The number of fused-ring (bicyclic) bond motifs is 4. The molecule has 7 rings (SSSR count). The number of benzene rings is 2. The molecule has 2 atom stereocenters. The molecule has 4 nitrogen and oxygen atoms in total. The van der Waals surface area contributed by atoms with E-state index < -0.39 is 11.6 Å². The molecule has 0 aliphatic heterocycles. The van der Waals surface area contributed by atoms with E-state index in [0.29, 0.717) is 45.5 Å². The van der Waals surface area contributed by atoms with Gasteiger partial charge in [0.25, 0.3) is 0 Å². The summed E-state index contributed by atoms with van der Waals surface area (Å²) >= 11 is 6.28. The lowest BCUT2D eigenvalue weighted by Crippen LogP contribution is -2.47. The molecular weight excluding hydrogens is 478 g/mol. The van der Waals surface area contributed by atoms with Gasteiger partial charge in [-0.25, -0.2) is 18.6 Å². The highest BCUT2D eigenvalue weighted by atomic mass is 35.5. The van der Waals surface area contributed by atoms with Crippen LogP contribution >= 0.6 is 11.6 Å². The second-order valence-electron chi connectivity index (χ2n) is 10.0. The van der Waals surface area contributed by atoms with Crippen LogP contribution < -0.4 is 5.32 Å². The standard InChI is InChI=1S/C29H25ClF2N4/c1-15-16-8-10-18(11-9-16)25(15)35-29-24(32)23(17-6-4-3-5-7-17)28(33-2)27(36-29)21-14-34-26-20(21)12-19(31)13-22(26)30/h3-7,12-16,18,25,34H,8-11H2,1H3,(H,35,36)/t15-,16?,18?,25+/m0/s1. The maximum atomic E-state index is 16.2. The second kappa shape index (κ2) is 8.90. The summed E-state index contributed by atoms with van der Waals surface area (Å²) in [5, 5.41) is 4.20. The van der Waals surface area contributed by atoms with Gasteiger partial charge < -0.3 is 10.3 Å². The minimum absolute atomic E-state index is 0.0868. The van der Waals surface area contributed by atoms with Gasteiger partial charge in [0.2, 0.25) is 5.69 Å². The molecule has 4 aromatic rings. The van der Waals surface area contributed by atoms with E-state index in [1.165, 1.54) is 25.0 Å². The van der Waals surface area contributed by atoms with Crippen LogP contribution in [0.2, 0.25) is 5.02 Å². The molecule has 3 aliphatic carbocycles. The molecule has 3 fully saturated rings. The van der Waals surface area contributed by atoms with Crippen LogP contribution in [0.3, 0.4) is 0 Å². The van der Waals surface area contributed by atoms with Crippen LogP contribution in [0.1, 0.15) is 32.6 Å². The second-order valence-corrected chi connectivity index (χ2v) is 10.4. The summed E-state index contributed by atoms with van der Waals surface area (Å²) in [7, 11) is 0. The van der Waals surface area contributed by atoms with Crippen molar-refractivity contribution < 1.29 is 8.78 Å². The van der Waals surface area contributed by atoms with Crippen LogP contribution in [-0.4, -0.2) is 16.0 Å². The summed E-state index contributed by atoms with van der Waals surface area (Å²) in [4.78, 5) is 11.5. The van der Waals surface area contributed by atoms with Crippen molar-refractivity contribution in [3.8, 4) is 22.4 Å². The van der Waals surface area contributed by atoms with Crippen LogP contribution in [0.15, 0.2) is 48.7 Å². The molecule has 0 saturated heterocycles. The summed E-state index contributed by atoms with van der Waals surface area (Å²) in [6, 6.07) is 11.8. The number of hydrogen-bond acceptors (Lipinski definition) is 2. The lowest BCUT2D eigenvalue weighted by atomic mass is 9.62. The van der Waals surface area contributed by atoms with E-state index in [1.54, 1.807) is 18.3 Å². The number of rotatable bonds is 4. The van der Waals surface area contributed by atoms with Crippen molar-refractivity contribution in [2.75, 3.05) is 5.32 Å². The number of aromatic amines is 1. The van der Waals surface area contributed by atoms with Gasteiger partial charge in [-0.1, -0.05) is 48.9 Å². The number of pyridine rings is 1. The molecule has 2 bridgehead atoms. The average molecular weight is 503 g/mol. The third-order valence-corrected chi connectivity index (χ3v) is 8.48. The van der Waals surface area contributed by atoms with Gasteiger partial charge in [-0.05, 0) is 61.1 Å². The fourth-order valence-electron chi connectivity index (χ4n) is 6.33. The molecule has 7 heteroatoms. The Bertz CT molecular complexity index is 1500. The Kier molecular flexibility index (Phi) is 5.69. The van der Waals surface area contributed by atoms with Gasteiger partial charge in [-0.3, -0.25) is 0 Å². The third kappa shape index (κ3) is 3.65. The van der Waals surface area contributed by atoms with Crippen molar-refractivity contribution in [2.45, 2.75) is 38.6 Å². The summed E-state index contributed by atoms with van der Waals surface area (Å²) < 4.78 is 30.6. The lowest BCUT2D eigenvalue weighted by Gasteiger charge is -2.47. The number of anilines is 1. The smallest absolute Gasteiger partial charge is 0.223 e. The zero-order valence-corrected chi connectivity index (χ0v) is 20.5. The first kappa shape index (κ1) is 23.0. The van der Waals surface area contributed by atoms with E-state index in [1.807, 2.05) is 18.2 Å². The highest BCUT2D eigenvalue weighted by Crippen LogP contribution is 2.48. The molecule has 2 aromatic heterocycles. The average Bonchev–Trinajstić information content (AvgIpc) is 3.31. The predicted octanol–water partition coefficient (Wildman–Crippen LogP) is 8.62. The third-order valence-electron chi connectivity index (χ3n) is 8.19. The molecule has 0 radical (unpaired) electrons. The molecule has 3 saturated carbocycles. The highest BCUT2D eigenvalue weighted by molar-refractivity contribution is 6.35. The van der Waals surface area contributed by atoms with E-state index in [4.69, 9.17) is 23.2 Å². The number of hydrogen-bond donors (Lipinski definition) is 2. The van der Waals surface area contributed by atoms with Crippen molar-refractivity contribution in [3.63, 3.8) is 0 Å². The Labute approximate surface area is 213 Å². The first-order valence-corrected chi connectivity index (χ1v) is 12.7. The van der Waals surface area contributed by atoms with Gasteiger partial charge in [-0.2, -0.15) is 0 Å². The zero-order chi connectivity index (χ0) is 25.0. The van der Waals surface area contributed by atoms with E-state index >= 15 is 4.39 Å². The van der Waals surface area contributed by atoms with Crippen molar-refractivity contribution in [3.05, 3.63) is 76.7 Å².